The van der Waals surface area contributed by atoms with E-state index in [1.165, 1.54) is 18.4 Å². The molecule has 0 saturated heterocycles. The van der Waals surface area contributed by atoms with Crippen molar-refractivity contribution in [2.24, 2.45) is 17.6 Å². The molecule has 18 heavy (non-hydrogen) atoms. The Morgan fingerprint density at radius 2 is 2.06 bits per heavy atom. The van der Waals surface area contributed by atoms with Crippen LogP contribution in [0, 0.1) is 11.8 Å². The van der Waals surface area contributed by atoms with E-state index < -0.39 is 0 Å². The van der Waals surface area contributed by atoms with E-state index in [1.54, 1.807) is 0 Å². The lowest BCUT2D eigenvalue weighted by atomic mass is 9.65. The summed E-state index contributed by atoms with van der Waals surface area (Å²) in [6, 6.07) is 8.27. The Morgan fingerprint density at radius 3 is 2.78 bits per heavy atom. The van der Waals surface area contributed by atoms with Crippen LogP contribution >= 0.6 is 0 Å². The van der Waals surface area contributed by atoms with Crippen LogP contribution in [0.15, 0.2) is 24.3 Å². The number of hydrogen-bond acceptors (Lipinski definition) is 2. The Morgan fingerprint density at radius 1 is 1.33 bits per heavy atom. The maximum absolute atomic E-state index is 6.77. The SMILES string of the molecule is CCOc1ccccc1C1(N)CCCC(C)C1C. The maximum Gasteiger partial charge on any atom is 0.124 e. The summed E-state index contributed by atoms with van der Waals surface area (Å²) in [7, 11) is 0. The molecule has 3 atom stereocenters. The van der Waals surface area contributed by atoms with Gasteiger partial charge in [-0.25, -0.2) is 0 Å². The van der Waals surface area contributed by atoms with E-state index in [4.69, 9.17) is 10.5 Å². The average Bonchev–Trinajstić information content (AvgIpc) is 2.37. The lowest BCUT2D eigenvalue weighted by molar-refractivity contribution is 0.139. The molecule has 0 aliphatic heterocycles. The molecule has 2 rings (SSSR count). The van der Waals surface area contributed by atoms with Gasteiger partial charge in [0.15, 0.2) is 0 Å². The van der Waals surface area contributed by atoms with E-state index in [1.807, 2.05) is 19.1 Å². The van der Waals surface area contributed by atoms with E-state index in [2.05, 4.69) is 26.0 Å². The molecule has 100 valence electrons. The first-order valence-electron chi connectivity index (χ1n) is 7.10. The van der Waals surface area contributed by atoms with E-state index in [0.29, 0.717) is 18.4 Å². The third-order valence-corrected chi connectivity index (χ3v) is 4.60. The molecule has 2 heteroatoms. The van der Waals surface area contributed by atoms with Crippen LogP contribution in [-0.4, -0.2) is 6.61 Å². The molecule has 1 fully saturated rings. The van der Waals surface area contributed by atoms with Crippen LogP contribution in [-0.2, 0) is 5.54 Å². The lowest BCUT2D eigenvalue weighted by Crippen LogP contribution is -2.48. The second kappa shape index (κ2) is 5.31. The molecule has 2 nitrogen and oxygen atoms in total. The molecule has 0 amide bonds. The van der Waals surface area contributed by atoms with Crippen LogP contribution in [0.3, 0.4) is 0 Å². The summed E-state index contributed by atoms with van der Waals surface area (Å²) in [4.78, 5) is 0. The van der Waals surface area contributed by atoms with Gasteiger partial charge in [0.05, 0.1) is 6.61 Å². The van der Waals surface area contributed by atoms with Crippen LogP contribution in [0.4, 0.5) is 0 Å². The third kappa shape index (κ3) is 2.26. The molecule has 1 aliphatic carbocycles. The molecule has 2 N–H and O–H groups in total. The summed E-state index contributed by atoms with van der Waals surface area (Å²) >= 11 is 0. The van der Waals surface area contributed by atoms with E-state index in [-0.39, 0.29) is 5.54 Å². The van der Waals surface area contributed by atoms with Gasteiger partial charge in [0, 0.05) is 11.1 Å². The smallest absolute Gasteiger partial charge is 0.124 e. The van der Waals surface area contributed by atoms with Gasteiger partial charge in [0.1, 0.15) is 5.75 Å². The van der Waals surface area contributed by atoms with Crippen molar-refractivity contribution < 1.29 is 4.74 Å². The Balaban J connectivity index is 2.39. The number of rotatable bonds is 3. The van der Waals surface area contributed by atoms with Crippen molar-refractivity contribution in [3.05, 3.63) is 29.8 Å². The predicted molar refractivity (Wildman–Crippen MR) is 75.7 cm³/mol. The van der Waals surface area contributed by atoms with Crippen LogP contribution in [0.5, 0.6) is 5.75 Å². The molecule has 0 bridgehead atoms. The summed E-state index contributed by atoms with van der Waals surface area (Å²) in [5.41, 5.74) is 7.72. The van der Waals surface area contributed by atoms with E-state index in [9.17, 15) is 0 Å². The largest absolute Gasteiger partial charge is 0.494 e. The van der Waals surface area contributed by atoms with Crippen LogP contribution in [0.1, 0.15) is 45.6 Å². The van der Waals surface area contributed by atoms with Crippen molar-refractivity contribution in [1.82, 2.24) is 0 Å². The number of nitrogens with two attached hydrogens (primary N) is 1. The molecule has 1 aromatic carbocycles. The second-order valence-electron chi connectivity index (χ2n) is 5.63. The van der Waals surface area contributed by atoms with Crippen molar-refractivity contribution in [2.75, 3.05) is 6.61 Å². The minimum absolute atomic E-state index is 0.233. The van der Waals surface area contributed by atoms with Gasteiger partial charge in [-0.15, -0.1) is 0 Å². The number of para-hydroxylation sites is 1. The van der Waals surface area contributed by atoms with Gasteiger partial charge in [-0.3, -0.25) is 0 Å². The molecule has 0 aromatic heterocycles. The van der Waals surface area contributed by atoms with Crippen molar-refractivity contribution >= 4 is 0 Å². The second-order valence-corrected chi connectivity index (χ2v) is 5.63. The first-order chi connectivity index (χ1) is 8.59. The minimum atomic E-state index is -0.233. The summed E-state index contributed by atoms with van der Waals surface area (Å²) < 4.78 is 5.76. The van der Waals surface area contributed by atoms with Crippen LogP contribution < -0.4 is 10.5 Å². The highest BCUT2D eigenvalue weighted by atomic mass is 16.5. The van der Waals surface area contributed by atoms with Gasteiger partial charge in [0.2, 0.25) is 0 Å². The topological polar surface area (TPSA) is 35.2 Å². The van der Waals surface area contributed by atoms with Gasteiger partial charge in [-0.2, -0.15) is 0 Å². The van der Waals surface area contributed by atoms with Crippen molar-refractivity contribution in [3.8, 4) is 5.75 Å². The highest BCUT2D eigenvalue weighted by Crippen LogP contribution is 2.45. The summed E-state index contributed by atoms with van der Waals surface area (Å²) in [6.07, 6.45) is 3.56. The molecule has 1 saturated carbocycles. The zero-order valence-corrected chi connectivity index (χ0v) is 11.8. The molecule has 0 heterocycles. The minimum Gasteiger partial charge on any atom is -0.494 e. The first-order valence-corrected chi connectivity index (χ1v) is 7.10. The fraction of sp³-hybridized carbons (Fsp3) is 0.625. The fourth-order valence-corrected chi connectivity index (χ4v) is 3.21. The first kappa shape index (κ1) is 13.4. The Hall–Kier alpha value is -1.02. The predicted octanol–water partition coefficient (Wildman–Crippen LogP) is 3.70. The maximum atomic E-state index is 6.77. The number of hydrogen-bond donors (Lipinski definition) is 1. The monoisotopic (exact) mass is 247 g/mol. The molecule has 1 aliphatic rings. The molecule has 0 radical (unpaired) electrons. The van der Waals surface area contributed by atoms with Crippen LogP contribution in [0.25, 0.3) is 0 Å². The third-order valence-electron chi connectivity index (χ3n) is 4.60. The average molecular weight is 247 g/mol. The lowest BCUT2D eigenvalue weighted by Gasteiger charge is -2.44. The highest BCUT2D eigenvalue weighted by molar-refractivity contribution is 5.40. The molecule has 1 aromatic rings. The van der Waals surface area contributed by atoms with E-state index in [0.717, 1.165) is 12.2 Å². The van der Waals surface area contributed by atoms with Crippen LogP contribution in [0.2, 0.25) is 0 Å². The Kier molecular flexibility index (Phi) is 3.96. The molecular weight excluding hydrogens is 222 g/mol. The van der Waals surface area contributed by atoms with Crippen molar-refractivity contribution in [2.45, 2.75) is 45.6 Å². The standard InChI is InChI=1S/C16H25NO/c1-4-18-15-10-6-5-9-14(15)16(17)11-7-8-12(2)13(16)3/h5-6,9-10,12-13H,4,7-8,11,17H2,1-3H3. The van der Waals surface area contributed by atoms with Crippen molar-refractivity contribution in [1.29, 1.82) is 0 Å². The normalized spacial score (nSPS) is 32.2. The summed E-state index contributed by atoms with van der Waals surface area (Å²) in [5.74, 6) is 2.13. The molecule has 3 unspecified atom stereocenters. The number of ether oxygens (including phenoxy) is 1. The van der Waals surface area contributed by atoms with Gasteiger partial charge in [0.25, 0.3) is 0 Å². The Labute approximate surface area is 111 Å². The fourth-order valence-electron chi connectivity index (χ4n) is 3.21. The zero-order chi connectivity index (χ0) is 13.2. The van der Waals surface area contributed by atoms with Gasteiger partial charge >= 0.3 is 0 Å². The summed E-state index contributed by atoms with van der Waals surface area (Å²) in [5, 5.41) is 0. The number of benzene rings is 1. The van der Waals surface area contributed by atoms with Gasteiger partial charge < -0.3 is 10.5 Å². The molecular formula is C16H25NO. The van der Waals surface area contributed by atoms with Gasteiger partial charge in [-0.05, 0) is 31.2 Å². The summed E-state index contributed by atoms with van der Waals surface area (Å²) in [6.45, 7) is 7.31. The quantitative estimate of drug-likeness (QED) is 0.884. The zero-order valence-electron chi connectivity index (χ0n) is 11.8. The molecule has 0 spiro atoms. The van der Waals surface area contributed by atoms with E-state index >= 15 is 0 Å². The Bertz CT molecular complexity index is 404. The van der Waals surface area contributed by atoms with Gasteiger partial charge in [-0.1, -0.05) is 44.9 Å². The van der Waals surface area contributed by atoms with Crippen molar-refractivity contribution in [3.63, 3.8) is 0 Å². The highest BCUT2D eigenvalue weighted by Gasteiger charge is 2.41.